The van der Waals surface area contributed by atoms with Gasteiger partial charge in [0, 0.05) is 11.9 Å². The van der Waals surface area contributed by atoms with Gasteiger partial charge in [-0.25, -0.2) is 0 Å². The summed E-state index contributed by atoms with van der Waals surface area (Å²) < 4.78 is 0. The number of nitrogens with one attached hydrogen (secondary N) is 1. The van der Waals surface area contributed by atoms with Gasteiger partial charge >= 0.3 is 0 Å². The molecule has 1 aromatic rings. The van der Waals surface area contributed by atoms with Crippen molar-refractivity contribution >= 4 is 12.6 Å². The van der Waals surface area contributed by atoms with E-state index in [2.05, 4.69) is 17.6 Å². The van der Waals surface area contributed by atoms with E-state index in [0.29, 0.717) is 0 Å². The van der Waals surface area contributed by atoms with Gasteiger partial charge in [0.15, 0.2) is 0 Å². The smallest absolute Gasteiger partial charge is 0.0931 e. The fraction of sp³-hybridized carbons (Fsp3) is 0.429. The standard InChI is InChI=1S/C7H12N2S/c1-9(2)7(10)6-4-3-5-8-6/h3-5,7-8,10H,1-2H3. The van der Waals surface area contributed by atoms with Gasteiger partial charge in [0.2, 0.25) is 0 Å². The first-order valence-corrected chi connectivity index (χ1v) is 3.71. The highest BCUT2D eigenvalue weighted by molar-refractivity contribution is 7.80. The number of hydrogen-bond donors (Lipinski definition) is 2. The lowest BCUT2D eigenvalue weighted by molar-refractivity contribution is 0.389. The minimum atomic E-state index is 0.176. The van der Waals surface area contributed by atoms with E-state index in [-0.39, 0.29) is 5.37 Å². The summed E-state index contributed by atoms with van der Waals surface area (Å²) in [6.45, 7) is 0. The van der Waals surface area contributed by atoms with E-state index in [9.17, 15) is 0 Å². The molecule has 10 heavy (non-hydrogen) atoms. The molecule has 0 aliphatic carbocycles. The van der Waals surface area contributed by atoms with E-state index in [0.717, 1.165) is 5.69 Å². The molecule has 0 aromatic carbocycles. The van der Waals surface area contributed by atoms with Crippen molar-refractivity contribution in [1.29, 1.82) is 0 Å². The molecule has 1 unspecified atom stereocenters. The van der Waals surface area contributed by atoms with Crippen LogP contribution in [0.1, 0.15) is 11.1 Å². The molecule has 1 aromatic heterocycles. The van der Waals surface area contributed by atoms with E-state index in [1.807, 2.05) is 37.3 Å². The molecule has 0 spiro atoms. The Hall–Kier alpha value is -0.410. The summed E-state index contributed by atoms with van der Waals surface area (Å²) in [7, 11) is 4.00. The molecule has 1 atom stereocenters. The molecule has 0 fully saturated rings. The Balaban J connectivity index is 2.68. The summed E-state index contributed by atoms with van der Waals surface area (Å²) in [6.07, 6.45) is 1.90. The Labute approximate surface area is 66.7 Å². The molecule has 0 saturated carbocycles. The van der Waals surface area contributed by atoms with Crippen molar-refractivity contribution in [2.45, 2.75) is 5.37 Å². The molecule has 0 bridgehead atoms. The second-order valence-corrected chi connectivity index (χ2v) is 2.95. The summed E-state index contributed by atoms with van der Waals surface area (Å²) in [4.78, 5) is 5.14. The first-order chi connectivity index (χ1) is 4.72. The monoisotopic (exact) mass is 156 g/mol. The predicted octanol–water partition coefficient (Wildman–Crippen LogP) is 1.50. The lowest BCUT2D eigenvalue weighted by Gasteiger charge is -2.16. The van der Waals surface area contributed by atoms with Crippen LogP contribution in [0.2, 0.25) is 0 Å². The van der Waals surface area contributed by atoms with E-state index in [4.69, 9.17) is 0 Å². The zero-order valence-corrected chi connectivity index (χ0v) is 7.10. The Morgan fingerprint density at radius 1 is 1.60 bits per heavy atom. The zero-order valence-electron chi connectivity index (χ0n) is 6.20. The highest BCUT2D eigenvalue weighted by Crippen LogP contribution is 2.18. The van der Waals surface area contributed by atoms with Gasteiger partial charge in [-0.1, -0.05) is 0 Å². The van der Waals surface area contributed by atoms with Crippen LogP contribution in [0.3, 0.4) is 0 Å². The second kappa shape index (κ2) is 3.12. The van der Waals surface area contributed by atoms with Crippen molar-refractivity contribution in [2.75, 3.05) is 14.1 Å². The Morgan fingerprint density at radius 3 is 2.70 bits per heavy atom. The van der Waals surface area contributed by atoms with Crippen molar-refractivity contribution in [1.82, 2.24) is 9.88 Å². The molecule has 2 nitrogen and oxygen atoms in total. The van der Waals surface area contributed by atoms with Crippen molar-refractivity contribution in [3.8, 4) is 0 Å². The molecule has 1 heterocycles. The largest absolute Gasteiger partial charge is 0.363 e. The Kier molecular flexibility index (Phi) is 2.40. The van der Waals surface area contributed by atoms with Crippen molar-refractivity contribution < 1.29 is 0 Å². The molecular formula is C7H12N2S. The van der Waals surface area contributed by atoms with E-state index in [1.54, 1.807) is 0 Å². The molecule has 0 amide bonds. The van der Waals surface area contributed by atoms with Gasteiger partial charge in [-0.2, -0.15) is 12.6 Å². The lowest BCUT2D eigenvalue weighted by Crippen LogP contribution is -2.14. The van der Waals surface area contributed by atoms with Crippen LogP contribution in [-0.4, -0.2) is 24.0 Å². The van der Waals surface area contributed by atoms with Crippen LogP contribution in [-0.2, 0) is 0 Å². The van der Waals surface area contributed by atoms with Crippen molar-refractivity contribution in [2.24, 2.45) is 0 Å². The van der Waals surface area contributed by atoms with Gasteiger partial charge in [0.1, 0.15) is 0 Å². The molecule has 1 N–H and O–H groups in total. The normalized spacial score (nSPS) is 14.0. The molecule has 56 valence electrons. The number of nitrogens with zero attached hydrogens (tertiary/aromatic N) is 1. The quantitative estimate of drug-likeness (QED) is 0.491. The minimum Gasteiger partial charge on any atom is -0.363 e. The molecule has 0 radical (unpaired) electrons. The first-order valence-electron chi connectivity index (χ1n) is 3.19. The fourth-order valence-corrected chi connectivity index (χ4v) is 0.944. The average Bonchev–Trinajstić information content (AvgIpc) is 2.36. The summed E-state index contributed by atoms with van der Waals surface area (Å²) >= 11 is 4.38. The second-order valence-electron chi connectivity index (χ2n) is 2.46. The molecule has 1 rings (SSSR count). The lowest BCUT2D eigenvalue weighted by atomic mass is 10.4. The third kappa shape index (κ3) is 1.55. The highest BCUT2D eigenvalue weighted by Gasteiger charge is 2.07. The van der Waals surface area contributed by atoms with E-state index < -0.39 is 0 Å². The third-order valence-corrected chi connectivity index (χ3v) is 2.13. The summed E-state index contributed by atoms with van der Waals surface area (Å²) in [5.74, 6) is 0. The number of aromatic nitrogens is 1. The van der Waals surface area contributed by atoms with Gasteiger partial charge in [-0.05, 0) is 26.2 Å². The van der Waals surface area contributed by atoms with Gasteiger partial charge in [0.25, 0.3) is 0 Å². The number of aromatic amines is 1. The minimum absolute atomic E-state index is 0.176. The first kappa shape index (κ1) is 7.69. The molecule has 3 heteroatoms. The van der Waals surface area contributed by atoms with Gasteiger partial charge in [-0.3, -0.25) is 4.90 Å². The van der Waals surface area contributed by atoms with Gasteiger partial charge in [0.05, 0.1) is 5.37 Å². The molecular weight excluding hydrogens is 144 g/mol. The maximum Gasteiger partial charge on any atom is 0.0931 e. The van der Waals surface area contributed by atoms with Crippen molar-refractivity contribution in [3.05, 3.63) is 24.0 Å². The van der Waals surface area contributed by atoms with Gasteiger partial charge < -0.3 is 4.98 Å². The SMILES string of the molecule is CN(C)C(S)c1ccc[nH]1. The van der Waals surface area contributed by atoms with Crippen LogP contribution in [0.25, 0.3) is 0 Å². The number of H-pyrrole nitrogens is 1. The third-order valence-electron chi connectivity index (χ3n) is 1.39. The fourth-order valence-electron chi connectivity index (χ4n) is 0.783. The van der Waals surface area contributed by atoms with Crippen LogP contribution in [0, 0.1) is 0 Å². The maximum atomic E-state index is 4.38. The highest BCUT2D eigenvalue weighted by atomic mass is 32.1. The zero-order chi connectivity index (χ0) is 7.56. The van der Waals surface area contributed by atoms with Crippen molar-refractivity contribution in [3.63, 3.8) is 0 Å². The molecule has 0 aliphatic heterocycles. The van der Waals surface area contributed by atoms with Crippen LogP contribution in [0.5, 0.6) is 0 Å². The summed E-state index contributed by atoms with van der Waals surface area (Å²) in [6, 6.07) is 4.00. The van der Waals surface area contributed by atoms with E-state index in [1.165, 1.54) is 0 Å². The Morgan fingerprint density at radius 2 is 2.30 bits per heavy atom. The average molecular weight is 156 g/mol. The van der Waals surface area contributed by atoms with Crippen LogP contribution in [0.15, 0.2) is 18.3 Å². The summed E-state index contributed by atoms with van der Waals surface area (Å²) in [5.41, 5.74) is 1.13. The van der Waals surface area contributed by atoms with Crippen LogP contribution < -0.4 is 0 Å². The topological polar surface area (TPSA) is 19.0 Å². The Bertz CT molecular complexity index is 181. The number of thiol groups is 1. The number of rotatable bonds is 2. The summed E-state index contributed by atoms with van der Waals surface area (Å²) in [5, 5.41) is 0.176. The molecule has 0 saturated heterocycles. The molecule has 0 aliphatic rings. The number of hydrogen-bond acceptors (Lipinski definition) is 2. The maximum absolute atomic E-state index is 4.38. The van der Waals surface area contributed by atoms with Gasteiger partial charge in [-0.15, -0.1) is 0 Å². The van der Waals surface area contributed by atoms with Crippen LogP contribution >= 0.6 is 12.6 Å². The van der Waals surface area contributed by atoms with Crippen LogP contribution in [0.4, 0.5) is 0 Å². The van der Waals surface area contributed by atoms with E-state index >= 15 is 0 Å². The predicted molar refractivity (Wildman–Crippen MR) is 46.2 cm³/mol.